The average molecular weight is 485 g/mol. The Kier molecular flexibility index (Phi) is 6.62. The number of methoxy groups -OCH3 is 2. The molecule has 0 saturated heterocycles. The van der Waals surface area contributed by atoms with Crippen LogP contribution < -0.4 is 14.8 Å². The number of fused-ring (bicyclic) bond motifs is 1. The first-order chi connectivity index (χ1) is 15.9. The highest BCUT2D eigenvalue weighted by atomic mass is 35.5. The quantitative estimate of drug-likeness (QED) is 0.351. The number of ether oxygens (including phenoxy) is 2. The molecule has 1 amide bonds. The van der Waals surface area contributed by atoms with Crippen molar-refractivity contribution < 1.29 is 19.1 Å². The second-order valence-corrected chi connectivity index (χ2v) is 8.67. The Morgan fingerprint density at radius 2 is 1.91 bits per heavy atom. The third-order valence-electron chi connectivity index (χ3n) is 4.91. The first-order valence-electron chi connectivity index (χ1n) is 10.1. The number of nitrogens with zero attached hydrogens (tertiary/aromatic N) is 3. The van der Waals surface area contributed by atoms with Crippen LogP contribution in [0.5, 0.6) is 11.5 Å². The number of hydrogen-bond acceptors (Lipinski definition) is 7. The van der Waals surface area contributed by atoms with E-state index in [0.29, 0.717) is 27.3 Å². The number of amides is 1. The maximum atomic E-state index is 12.6. The largest absolute Gasteiger partial charge is 0.497 e. The molecule has 0 aliphatic rings. The van der Waals surface area contributed by atoms with E-state index >= 15 is 0 Å². The van der Waals surface area contributed by atoms with Crippen molar-refractivity contribution in [3.8, 4) is 16.6 Å². The molecule has 8 nitrogen and oxygen atoms in total. The maximum Gasteiger partial charge on any atom is 0.225 e. The lowest BCUT2D eigenvalue weighted by Gasteiger charge is -2.09. The number of rotatable bonds is 8. The smallest absolute Gasteiger partial charge is 0.225 e. The number of ketones is 1. The Bertz CT molecular complexity index is 1350. The molecule has 0 saturated carbocycles. The number of hydrogen-bond donors (Lipinski definition) is 1. The molecular weight excluding hydrogens is 464 g/mol. The Morgan fingerprint density at radius 1 is 1.09 bits per heavy atom. The van der Waals surface area contributed by atoms with Crippen LogP contribution in [0.3, 0.4) is 0 Å². The number of Topliss-reactive ketones (excluding diaryl/α,β-unsaturated/α-hetero) is 1. The van der Waals surface area contributed by atoms with Crippen LogP contribution in [-0.2, 0) is 4.79 Å². The minimum atomic E-state index is -0.312. The van der Waals surface area contributed by atoms with Crippen molar-refractivity contribution in [2.45, 2.75) is 19.8 Å². The van der Waals surface area contributed by atoms with E-state index in [9.17, 15) is 9.59 Å². The van der Waals surface area contributed by atoms with Crippen LogP contribution in [0.1, 0.15) is 28.9 Å². The first-order valence-corrected chi connectivity index (χ1v) is 11.3. The standard InChI is InChI=1S/C23H21ClN4O4S/c1-13-10-21(28(27-13)23-25-17-6-5-15(31-2)12-20(17)33-23)26-22(30)9-7-18(29)16-11-14(24)4-8-19(16)32-3/h4-6,8,10-12H,7,9H2,1-3H3,(H,26,30). The third kappa shape index (κ3) is 4.99. The summed E-state index contributed by atoms with van der Waals surface area (Å²) in [6, 6.07) is 12.2. The molecule has 2 aromatic carbocycles. The van der Waals surface area contributed by atoms with Gasteiger partial charge in [0.05, 0.1) is 35.7 Å². The van der Waals surface area contributed by atoms with E-state index in [0.717, 1.165) is 21.7 Å². The summed E-state index contributed by atoms with van der Waals surface area (Å²) in [7, 11) is 3.09. The van der Waals surface area contributed by atoms with Crippen LogP contribution in [-0.4, -0.2) is 40.7 Å². The van der Waals surface area contributed by atoms with Crippen molar-refractivity contribution in [3.05, 3.63) is 58.7 Å². The minimum Gasteiger partial charge on any atom is -0.497 e. The third-order valence-corrected chi connectivity index (χ3v) is 6.13. The summed E-state index contributed by atoms with van der Waals surface area (Å²) in [5.74, 6) is 1.11. The minimum absolute atomic E-state index is 0.00419. The van der Waals surface area contributed by atoms with Gasteiger partial charge in [-0.15, -0.1) is 0 Å². The fourth-order valence-electron chi connectivity index (χ4n) is 3.31. The summed E-state index contributed by atoms with van der Waals surface area (Å²) in [4.78, 5) is 29.9. The maximum absolute atomic E-state index is 12.6. The molecule has 4 aromatic rings. The Morgan fingerprint density at radius 3 is 2.67 bits per heavy atom. The van der Waals surface area contributed by atoms with Crippen LogP contribution in [0.2, 0.25) is 5.02 Å². The number of anilines is 1. The van der Waals surface area contributed by atoms with E-state index in [4.69, 9.17) is 21.1 Å². The number of carbonyl (C=O) groups is 2. The summed E-state index contributed by atoms with van der Waals surface area (Å²) >= 11 is 7.44. The number of benzene rings is 2. The van der Waals surface area contributed by atoms with Crippen molar-refractivity contribution in [2.24, 2.45) is 0 Å². The molecule has 33 heavy (non-hydrogen) atoms. The molecule has 0 atom stereocenters. The highest BCUT2D eigenvalue weighted by Crippen LogP contribution is 2.30. The van der Waals surface area contributed by atoms with Crippen LogP contribution >= 0.6 is 22.9 Å². The van der Waals surface area contributed by atoms with Crippen LogP contribution in [0.25, 0.3) is 15.3 Å². The van der Waals surface area contributed by atoms with E-state index < -0.39 is 0 Å². The molecule has 170 valence electrons. The molecule has 0 fully saturated rings. The predicted molar refractivity (Wildman–Crippen MR) is 128 cm³/mol. The number of halogens is 1. The zero-order valence-electron chi connectivity index (χ0n) is 18.2. The van der Waals surface area contributed by atoms with Gasteiger partial charge < -0.3 is 14.8 Å². The highest BCUT2D eigenvalue weighted by molar-refractivity contribution is 7.20. The number of aromatic nitrogens is 3. The first kappa shape index (κ1) is 22.8. The van der Waals surface area contributed by atoms with Gasteiger partial charge in [0, 0.05) is 23.9 Å². The van der Waals surface area contributed by atoms with Gasteiger partial charge in [-0.25, -0.2) is 4.98 Å². The summed E-state index contributed by atoms with van der Waals surface area (Å²) < 4.78 is 13.0. The number of aryl methyl sites for hydroxylation is 1. The van der Waals surface area contributed by atoms with E-state index in [2.05, 4.69) is 15.4 Å². The highest BCUT2D eigenvalue weighted by Gasteiger charge is 2.18. The Balaban J connectivity index is 1.48. The molecule has 0 aliphatic carbocycles. The van der Waals surface area contributed by atoms with Gasteiger partial charge in [0.25, 0.3) is 0 Å². The summed E-state index contributed by atoms with van der Waals surface area (Å²) in [5, 5.41) is 8.34. The lowest BCUT2D eigenvalue weighted by molar-refractivity contribution is -0.116. The lowest BCUT2D eigenvalue weighted by atomic mass is 10.1. The van der Waals surface area contributed by atoms with Gasteiger partial charge in [-0.2, -0.15) is 9.78 Å². The number of nitrogens with one attached hydrogen (secondary N) is 1. The second-order valence-electron chi connectivity index (χ2n) is 7.23. The average Bonchev–Trinajstić information content (AvgIpc) is 3.39. The van der Waals surface area contributed by atoms with Gasteiger partial charge in [-0.05, 0) is 43.3 Å². The van der Waals surface area contributed by atoms with Crippen molar-refractivity contribution in [1.82, 2.24) is 14.8 Å². The van der Waals surface area contributed by atoms with Gasteiger partial charge in [-0.3, -0.25) is 9.59 Å². The molecule has 0 spiro atoms. The monoisotopic (exact) mass is 484 g/mol. The van der Waals surface area contributed by atoms with Gasteiger partial charge >= 0.3 is 0 Å². The van der Waals surface area contributed by atoms with Crippen molar-refractivity contribution in [1.29, 1.82) is 0 Å². The van der Waals surface area contributed by atoms with Gasteiger partial charge in [0.15, 0.2) is 5.78 Å². The molecule has 0 bridgehead atoms. The fourth-order valence-corrected chi connectivity index (χ4v) is 4.44. The van der Waals surface area contributed by atoms with Gasteiger partial charge in [0.2, 0.25) is 11.0 Å². The second kappa shape index (κ2) is 9.60. The van der Waals surface area contributed by atoms with Gasteiger partial charge in [-0.1, -0.05) is 22.9 Å². The SMILES string of the molecule is COc1ccc2nc(-n3nc(C)cc3NC(=O)CCC(=O)c3cc(Cl)ccc3OC)sc2c1. The zero-order chi connectivity index (χ0) is 23.5. The molecule has 4 rings (SSSR count). The van der Waals surface area contributed by atoms with E-state index in [1.165, 1.54) is 18.4 Å². The van der Waals surface area contributed by atoms with Crippen LogP contribution in [0, 0.1) is 6.92 Å². The topological polar surface area (TPSA) is 95.3 Å². The predicted octanol–water partition coefficient (Wildman–Crippen LogP) is 5.06. The zero-order valence-corrected chi connectivity index (χ0v) is 19.8. The van der Waals surface area contributed by atoms with Crippen molar-refractivity contribution >= 4 is 50.7 Å². The molecule has 10 heteroatoms. The molecule has 0 radical (unpaired) electrons. The van der Waals surface area contributed by atoms with E-state index in [1.807, 2.05) is 25.1 Å². The molecule has 2 aromatic heterocycles. The van der Waals surface area contributed by atoms with Crippen LogP contribution in [0.15, 0.2) is 42.5 Å². The summed E-state index contributed by atoms with van der Waals surface area (Å²) in [6.07, 6.45) is 0.00631. The Labute approximate surface area is 199 Å². The summed E-state index contributed by atoms with van der Waals surface area (Å²) in [6.45, 7) is 1.83. The summed E-state index contributed by atoms with van der Waals surface area (Å²) in [5.41, 5.74) is 1.88. The normalized spacial score (nSPS) is 10.9. The lowest BCUT2D eigenvalue weighted by Crippen LogP contribution is -2.16. The van der Waals surface area contributed by atoms with Crippen molar-refractivity contribution in [2.75, 3.05) is 19.5 Å². The van der Waals surface area contributed by atoms with Crippen molar-refractivity contribution in [3.63, 3.8) is 0 Å². The molecule has 0 unspecified atom stereocenters. The molecule has 2 heterocycles. The van der Waals surface area contributed by atoms with E-state index in [1.54, 1.807) is 36.1 Å². The molecular formula is C23H21ClN4O4S. The Hall–Kier alpha value is -3.43. The number of thiazole rings is 1. The van der Waals surface area contributed by atoms with E-state index in [-0.39, 0.29) is 24.5 Å². The number of carbonyl (C=O) groups excluding carboxylic acids is 2. The fraction of sp³-hybridized carbons (Fsp3) is 0.217. The molecule has 1 N–H and O–H groups in total. The van der Waals surface area contributed by atoms with Gasteiger partial charge in [0.1, 0.15) is 17.3 Å². The van der Waals surface area contributed by atoms with Crippen LogP contribution in [0.4, 0.5) is 5.82 Å². The molecule has 0 aliphatic heterocycles.